The van der Waals surface area contributed by atoms with E-state index in [4.69, 9.17) is 28.3 Å². The van der Waals surface area contributed by atoms with Crippen molar-refractivity contribution in [1.29, 1.82) is 0 Å². The molecule has 17 heavy (non-hydrogen) atoms. The Kier molecular flexibility index (Phi) is 4.80. The lowest BCUT2D eigenvalue weighted by atomic mass is 9.95. The number of halogens is 2. The van der Waals surface area contributed by atoms with Crippen LogP contribution in [0.4, 0.5) is 0 Å². The van der Waals surface area contributed by atoms with E-state index in [1.54, 1.807) is 12.1 Å². The van der Waals surface area contributed by atoms with Crippen LogP contribution in [0.1, 0.15) is 24.2 Å². The van der Waals surface area contributed by atoms with Gasteiger partial charge in [0.05, 0.1) is 10.6 Å². The molecule has 1 aromatic rings. The first kappa shape index (κ1) is 14.3. The minimum absolute atomic E-state index is 0.00162. The Morgan fingerprint density at radius 2 is 2.06 bits per heavy atom. The molecule has 0 heterocycles. The van der Waals surface area contributed by atoms with Crippen LogP contribution in [-0.4, -0.2) is 24.2 Å². The van der Waals surface area contributed by atoms with Crippen molar-refractivity contribution in [2.45, 2.75) is 13.8 Å². The number of hydrogen-bond donors (Lipinski definition) is 2. The molecule has 0 aliphatic carbocycles. The summed E-state index contributed by atoms with van der Waals surface area (Å²) in [5.74, 6) is -0.270. The van der Waals surface area contributed by atoms with E-state index in [1.165, 1.54) is 6.07 Å². The fourth-order valence-corrected chi connectivity index (χ4v) is 1.64. The SMILES string of the molecule is CC(C)(CO)CNC(=O)c1ccc(Cl)cc1Cl. The summed E-state index contributed by atoms with van der Waals surface area (Å²) in [4.78, 5) is 11.8. The Labute approximate surface area is 111 Å². The monoisotopic (exact) mass is 275 g/mol. The van der Waals surface area contributed by atoms with E-state index >= 15 is 0 Å². The van der Waals surface area contributed by atoms with Crippen molar-refractivity contribution < 1.29 is 9.90 Å². The number of carbonyl (C=O) groups excluding carboxylic acids is 1. The van der Waals surface area contributed by atoms with Gasteiger partial charge in [-0.2, -0.15) is 0 Å². The Balaban J connectivity index is 2.71. The fourth-order valence-electron chi connectivity index (χ4n) is 1.14. The molecule has 0 atom stereocenters. The summed E-state index contributed by atoms with van der Waals surface area (Å²) in [7, 11) is 0. The van der Waals surface area contributed by atoms with Gasteiger partial charge < -0.3 is 10.4 Å². The second kappa shape index (κ2) is 5.71. The molecule has 0 aliphatic rings. The van der Waals surface area contributed by atoms with Gasteiger partial charge in [-0.25, -0.2) is 0 Å². The van der Waals surface area contributed by atoms with Gasteiger partial charge in [0, 0.05) is 23.6 Å². The molecule has 0 spiro atoms. The smallest absolute Gasteiger partial charge is 0.252 e. The zero-order valence-electron chi connectivity index (χ0n) is 9.76. The van der Waals surface area contributed by atoms with E-state index in [9.17, 15) is 4.79 Å². The van der Waals surface area contributed by atoms with Crippen LogP contribution in [0.25, 0.3) is 0 Å². The van der Waals surface area contributed by atoms with Crippen molar-refractivity contribution >= 4 is 29.1 Å². The van der Waals surface area contributed by atoms with Gasteiger partial charge in [0.2, 0.25) is 0 Å². The van der Waals surface area contributed by atoms with E-state index in [1.807, 2.05) is 13.8 Å². The molecule has 3 nitrogen and oxygen atoms in total. The molecule has 2 N–H and O–H groups in total. The summed E-state index contributed by atoms with van der Waals surface area (Å²) in [5, 5.41) is 12.6. The lowest BCUT2D eigenvalue weighted by Crippen LogP contribution is -2.36. The topological polar surface area (TPSA) is 49.3 Å². The molecule has 0 fully saturated rings. The van der Waals surface area contributed by atoms with Crippen LogP contribution in [0.3, 0.4) is 0 Å². The van der Waals surface area contributed by atoms with Crippen LogP contribution in [0.15, 0.2) is 18.2 Å². The van der Waals surface area contributed by atoms with Crippen molar-refractivity contribution in [2.24, 2.45) is 5.41 Å². The second-order valence-corrected chi connectivity index (χ2v) is 5.47. The first-order chi connectivity index (χ1) is 7.85. The number of rotatable bonds is 4. The molecule has 0 aliphatic heterocycles. The Bertz CT molecular complexity index is 419. The second-order valence-electron chi connectivity index (χ2n) is 4.63. The average Bonchev–Trinajstić information content (AvgIpc) is 2.26. The highest BCUT2D eigenvalue weighted by atomic mass is 35.5. The van der Waals surface area contributed by atoms with Crippen LogP contribution in [0, 0.1) is 5.41 Å². The van der Waals surface area contributed by atoms with Gasteiger partial charge in [-0.3, -0.25) is 4.79 Å². The van der Waals surface area contributed by atoms with Crippen molar-refractivity contribution in [3.8, 4) is 0 Å². The molecule has 0 saturated heterocycles. The Morgan fingerprint density at radius 3 is 2.59 bits per heavy atom. The number of benzene rings is 1. The highest BCUT2D eigenvalue weighted by molar-refractivity contribution is 6.36. The van der Waals surface area contributed by atoms with Crippen molar-refractivity contribution in [3.05, 3.63) is 33.8 Å². The van der Waals surface area contributed by atoms with Crippen LogP contribution in [0.5, 0.6) is 0 Å². The predicted molar refractivity (Wildman–Crippen MR) is 69.7 cm³/mol. The third-order valence-corrected chi connectivity index (χ3v) is 2.88. The lowest BCUT2D eigenvalue weighted by molar-refractivity contribution is 0.0911. The molecule has 0 bridgehead atoms. The normalized spacial score (nSPS) is 11.4. The Hall–Kier alpha value is -0.770. The van der Waals surface area contributed by atoms with E-state index in [-0.39, 0.29) is 17.9 Å². The summed E-state index contributed by atoms with van der Waals surface area (Å²) < 4.78 is 0. The first-order valence-electron chi connectivity index (χ1n) is 5.20. The van der Waals surface area contributed by atoms with Gasteiger partial charge in [-0.1, -0.05) is 37.0 Å². The molecule has 0 aromatic heterocycles. The molecule has 5 heteroatoms. The van der Waals surface area contributed by atoms with Gasteiger partial charge >= 0.3 is 0 Å². The molecule has 1 amide bonds. The largest absolute Gasteiger partial charge is 0.396 e. The molecule has 1 aromatic carbocycles. The fraction of sp³-hybridized carbons (Fsp3) is 0.417. The number of aliphatic hydroxyl groups excluding tert-OH is 1. The number of amides is 1. The molecular formula is C12H15Cl2NO2. The van der Waals surface area contributed by atoms with Crippen molar-refractivity contribution in [3.63, 3.8) is 0 Å². The van der Waals surface area contributed by atoms with Gasteiger partial charge in [-0.15, -0.1) is 0 Å². The molecular weight excluding hydrogens is 261 g/mol. The number of nitrogens with one attached hydrogen (secondary N) is 1. The average molecular weight is 276 g/mol. The van der Waals surface area contributed by atoms with E-state index in [2.05, 4.69) is 5.32 Å². The maximum absolute atomic E-state index is 11.8. The maximum atomic E-state index is 11.8. The maximum Gasteiger partial charge on any atom is 0.252 e. The van der Waals surface area contributed by atoms with Crippen molar-refractivity contribution in [2.75, 3.05) is 13.2 Å². The van der Waals surface area contributed by atoms with E-state index < -0.39 is 0 Å². The molecule has 0 unspecified atom stereocenters. The van der Waals surface area contributed by atoms with E-state index in [0.29, 0.717) is 22.2 Å². The van der Waals surface area contributed by atoms with Crippen molar-refractivity contribution in [1.82, 2.24) is 5.32 Å². The minimum Gasteiger partial charge on any atom is -0.396 e. The van der Waals surface area contributed by atoms with Crippen LogP contribution < -0.4 is 5.32 Å². The summed E-state index contributed by atoms with van der Waals surface area (Å²) in [6, 6.07) is 4.71. The molecule has 1 rings (SSSR count). The standard InChI is InChI=1S/C12H15Cl2NO2/c1-12(2,7-16)6-15-11(17)9-4-3-8(13)5-10(9)14/h3-5,16H,6-7H2,1-2H3,(H,15,17). The Morgan fingerprint density at radius 1 is 1.41 bits per heavy atom. The summed E-state index contributed by atoms with van der Waals surface area (Å²) >= 11 is 11.7. The highest BCUT2D eigenvalue weighted by Gasteiger charge is 2.18. The quantitative estimate of drug-likeness (QED) is 0.888. The highest BCUT2D eigenvalue weighted by Crippen LogP contribution is 2.21. The van der Waals surface area contributed by atoms with Gasteiger partial charge in [0.1, 0.15) is 0 Å². The van der Waals surface area contributed by atoms with Crippen LogP contribution >= 0.6 is 23.2 Å². The number of aliphatic hydroxyl groups is 1. The number of carbonyl (C=O) groups is 1. The minimum atomic E-state index is -0.353. The number of hydrogen-bond acceptors (Lipinski definition) is 2. The predicted octanol–water partition coefficient (Wildman–Crippen LogP) is 2.74. The molecule has 0 radical (unpaired) electrons. The third kappa shape index (κ3) is 4.19. The first-order valence-corrected chi connectivity index (χ1v) is 5.95. The zero-order valence-corrected chi connectivity index (χ0v) is 11.3. The summed E-state index contributed by atoms with van der Waals surface area (Å²) in [5.41, 5.74) is 0.0268. The van der Waals surface area contributed by atoms with E-state index in [0.717, 1.165) is 0 Å². The van der Waals surface area contributed by atoms with Gasteiger partial charge in [-0.05, 0) is 18.2 Å². The molecule has 0 saturated carbocycles. The van der Waals surface area contributed by atoms with Crippen LogP contribution in [0.2, 0.25) is 10.0 Å². The molecule has 94 valence electrons. The van der Waals surface area contributed by atoms with Gasteiger partial charge in [0.15, 0.2) is 0 Å². The summed E-state index contributed by atoms with van der Waals surface area (Å²) in [6.45, 7) is 4.09. The lowest BCUT2D eigenvalue weighted by Gasteiger charge is -2.21. The zero-order chi connectivity index (χ0) is 13.1. The van der Waals surface area contributed by atoms with Gasteiger partial charge in [0.25, 0.3) is 5.91 Å². The van der Waals surface area contributed by atoms with Crippen LogP contribution in [-0.2, 0) is 0 Å². The third-order valence-electron chi connectivity index (χ3n) is 2.33. The summed E-state index contributed by atoms with van der Waals surface area (Å²) in [6.07, 6.45) is 0.